The summed E-state index contributed by atoms with van der Waals surface area (Å²) < 4.78 is 0. The summed E-state index contributed by atoms with van der Waals surface area (Å²) in [6.45, 7) is 2.28. The molecule has 1 aliphatic heterocycles. The Morgan fingerprint density at radius 2 is 1.94 bits per heavy atom. The zero-order valence-electron chi connectivity index (χ0n) is 9.95. The van der Waals surface area contributed by atoms with Crippen molar-refractivity contribution >= 4 is 11.4 Å². The Bertz CT molecular complexity index is 473. The summed E-state index contributed by atoms with van der Waals surface area (Å²) in [7, 11) is 0. The highest BCUT2D eigenvalue weighted by molar-refractivity contribution is 5.70. The molecule has 1 saturated carbocycles. The van der Waals surface area contributed by atoms with Gasteiger partial charge in [-0.05, 0) is 31.0 Å². The Morgan fingerprint density at radius 1 is 1.24 bits per heavy atom. The molecule has 0 amide bonds. The maximum absolute atomic E-state index is 8.81. The topological polar surface area (TPSA) is 53.0 Å². The van der Waals surface area contributed by atoms with E-state index in [0.29, 0.717) is 11.0 Å². The Hall–Kier alpha value is -1.69. The number of nitriles is 1. The lowest BCUT2D eigenvalue weighted by atomic mass is 9.78. The van der Waals surface area contributed by atoms with Gasteiger partial charge in [0.1, 0.15) is 0 Å². The molecule has 0 atom stereocenters. The largest absolute Gasteiger partial charge is 0.397 e. The van der Waals surface area contributed by atoms with E-state index in [1.807, 2.05) is 12.1 Å². The number of nitrogen functional groups attached to an aromatic ring is 1. The zero-order valence-corrected chi connectivity index (χ0v) is 9.95. The predicted molar refractivity (Wildman–Crippen MR) is 68.7 cm³/mol. The molecule has 1 aliphatic carbocycles. The average Bonchev–Trinajstić information content (AvgIpc) is 2.76. The van der Waals surface area contributed by atoms with Gasteiger partial charge in [-0.1, -0.05) is 12.8 Å². The molecule has 2 aliphatic rings. The van der Waals surface area contributed by atoms with Crippen LogP contribution in [0.15, 0.2) is 18.2 Å². The van der Waals surface area contributed by atoms with Gasteiger partial charge in [-0.15, -0.1) is 0 Å². The predicted octanol–water partition coefficient (Wildman–Crippen LogP) is 2.52. The third-order valence-corrected chi connectivity index (χ3v) is 4.21. The Morgan fingerprint density at radius 3 is 2.53 bits per heavy atom. The third-order valence-electron chi connectivity index (χ3n) is 4.21. The quantitative estimate of drug-likeness (QED) is 0.750. The van der Waals surface area contributed by atoms with E-state index in [4.69, 9.17) is 11.0 Å². The number of benzene rings is 1. The van der Waals surface area contributed by atoms with Crippen LogP contribution in [-0.4, -0.2) is 13.1 Å². The van der Waals surface area contributed by atoms with E-state index in [-0.39, 0.29) is 0 Å². The first kappa shape index (κ1) is 10.5. The van der Waals surface area contributed by atoms with Crippen LogP contribution in [0.5, 0.6) is 0 Å². The molecular formula is C14H17N3. The summed E-state index contributed by atoms with van der Waals surface area (Å²) in [5.74, 6) is 0. The van der Waals surface area contributed by atoms with Crippen molar-refractivity contribution in [1.82, 2.24) is 0 Å². The van der Waals surface area contributed by atoms with Crippen LogP contribution in [0.1, 0.15) is 31.2 Å². The zero-order chi connectivity index (χ0) is 11.9. The Labute approximate surface area is 102 Å². The second-order valence-electron chi connectivity index (χ2n) is 5.45. The number of rotatable bonds is 1. The molecule has 88 valence electrons. The van der Waals surface area contributed by atoms with Gasteiger partial charge in [0.2, 0.25) is 0 Å². The molecule has 3 rings (SSSR count). The van der Waals surface area contributed by atoms with Gasteiger partial charge in [0.25, 0.3) is 0 Å². The number of hydrogen-bond acceptors (Lipinski definition) is 3. The maximum Gasteiger partial charge on any atom is 0.0992 e. The fraction of sp³-hybridized carbons (Fsp3) is 0.500. The molecule has 2 N–H and O–H groups in total. The molecule has 0 radical (unpaired) electrons. The molecule has 0 bridgehead atoms. The van der Waals surface area contributed by atoms with Gasteiger partial charge >= 0.3 is 0 Å². The fourth-order valence-corrected chi connectivity index (χ4v) is 3.29. The minimum atomic E-state index is 0.584. The highest BCUT2D eigenvalue weighted by Crippen LogP contribution is 2.47. The molecule has 0 aromatic heterocycles. The molecule has 1 spiro atoms. The van der Waals surface area contributed by atoms with Crippen LogP contribution in [0.2, 0.25) is 0 Å². The molecule has 1 aromatic rings. The van der Waals surface area contributed by atoms with E-state index >= 15 is 0 Å². The van der Waals surface area contributed by atoms with Crippen molar-refractivity contribution in [3.8, 4) is 6.07 Å². The summed E-state index contributed by atoms with van der Waals surface area (Å²) in [4.78, 5) is 2.35. The highest BCUT2D eigenvalue weighted by atomic mass is 15.2. The van der Waals surface area contributed by atoms with Gasteiger partial charge in [0.15, 0.2) is 0 Å². The number of nitrogens with zero attached hydrogens (tertiary/aromatic N) is 2. The first-order chi connectivity index (χ1) is 8.22. The van der Waals surface area contributed by atoms with Gasteiger partial charge in [0.05, 0.1) is 23.0 Å². The summed E-state index contributed by atoms with van der Waals surface area (Å²) in [5.41, 5.74) is 9.06. The SMILES string of the molecule is N#Cc1ccc(N2CC3(CCCC3)C2)c(N)c1. The van der Waals surface area contributed by atoms with Crippen molar-refractivity contribution in [2.75, 3.05) is 23.7 Å². The molecule has 1 heterocycles. The normalized spacial score (nSPS) is 21.2. The van der Waals surface area contributed by atoms with Crippen molar-refractivity contribution in [3.63, 3.8) is 0 Å². The van der Waals surface area contributed by atoms with Crippen LogP contribution in [-0.2, 0) is 0 Å². The van der Waals surface area contributed by atoms with Crippen molar-refractivity contribution in [2.45, 2.75) is 25.7 Å². The molecule has 0 unspecified atom stereocenters. The van der Waals surface area contributed by atoms with E-state index in [1.54, 1.807) is 6.07 Å². The van der Waals surface area contributed by atoms with Gasteiger partial charge in [0, 0.05) is 18.5 Å². The minimum absolute atomic E-state index is 0.584. The molecule has 2 fully saturated rings. The van der Waals surface area contributed by atoms with Crippen LogP contribution in [0.25, 0.3) is 0 Å². The van der Waals surface area contributed by atoms with E-state index in [9.17, 15) is 0 Å². The summed E-state index contributed by atoms with van der Waals surface area (Å²) >= 11 is 0. The third kappa shape index (κ3) is 1.64. The van der Waals surface area contributed by atoms with Crippen LogP contribution in [0, 0.1) is 16.7 Å². The molecule has 1 saturated heterocycles. The van der Waals surface area contributed by atoms with E-state index in [0.717, 1.165) is 24.5 Å². The fourth-order valence-electron chi connectivity index (χ4n) is 3.29. The lowest BCUT2D eigenvalue weighted by Gasteiger charge is -2.50. The lowest BCUT2D eigenvalue weighted by molar-refractivity contribution is 0.222. The number of nitrogens with two attached hydrogens (primary N) is 1. The Balaban J connectivity index is 1.77. The standard InChI is InChI=1S/C14H17N3/c15-8-11-3-4-13(12(16)7-11)17-9-14(10-17)5-1-2-6-14/h3-4,7H,1-2,5-6,9-10,16H2. The van der Waals surface area contributed by atoms with Crippen molar-refractivity contribution in [3.05, 3.63) is 23.8 Å². The van der Waals surface area contributed by atoms with Gasteiger partial charge in [-0.3, -0.25) is 0 Å². The molecule has 3 heteroatoms. The monoisotopic (exact) mass is 227 g/mol. The van der Waals surface area contributed by atoms with Gasteiger partial charge in [-0.2, -0.15) is 5.26 Å². The summed E-state index contributed by atoms with van der Waals surface area (Å²) in [5, 5.41) is 8.81. The summed E-state index contributed by atoms with van der Waals surface area (Å²) in [6, 6.07) is 7.73. The van der Waals surface area contributed by atoms with Crippen molar-refractivity contribution in [1.29, 1.82) is 5.26 Å². The van der Waals surface area contributed by atoms with Crippen LogP contribution in [0.4, 0.5) is 11.4 Å². The first-order valence-corrected chi connectivity index (χ1v) is 6.27. The molecular weight excluding hydrogens is 210 g/mol. The van der Waals surface area contributed by atoms with E-state index < -0.39 is 0 Å². The van der Waals surface area contributed by atoms with Crippen LogP contribution >= 0.6 is 0 Å². The van der Waals surface area contributed by atoms with Crippen molar-refractivity contribution < 1.29 is 0 Å². The maximum atomic E-state index is 8.81. The van der Waals surface area contributed by atoms with Crippen LogP contribution < -0.4 is 10.6 Å². The van der Waals surface area contributed by atoms with Gasteiger partial charge in [-0.25, -0.2) is 0 Å². The van der Waals surface area contributed by atoms with Crippen molar-refractivity contribution in [2.24, 2.45) is 5.41 Å². The number of hydrogen-bond donors (Lipinski definition) is 1. The second-order valence-corrected chi connectivity index (χ2v) is 5.45. The minimum Gasteiger partial charge on any atom is -0.397 e. The smallest absolute Gasteiger partial charge is 0.0992 e. The summed E-state index contributed by atoms with van der Waals surface area (Å²) in [6.07, 6.45) is 5.52. The molecule has 17 heavy (non-hydrogen) atoms. The lowest BCUT2D eigenvalue weighted by Crippen LogP contribution is -2.55. The molecule has 1 aromatic carbocycles. The number of anilines is 2. The highest BCUT2D eigenvalue weighted by Gasteiger charge is 2.44. The first-order valence-electron chi connectivity index (χ1n) is 6.27. The molecule has 3 nitrogen and oxygen atoms in total. The second kappa shape index (κ2) is 3.66. The van der Waals surface area contributed by atoms with E-state index in [2.05, 4.69) is 11.0 Å². The van der Waals surface area contributed by atoms with E-state index in [1.165, 1.54) is 25.7 Å². The van der Waals surface area contributed by atoms with Gasteiger partial charge < -0.3 is 10.6 Å². The van der Waals surface area contributed by atoms with Crippen LogP contribution in [0.3, 0.4) is 0 Å². The average molecular weight is 227 g/mol. The Kier molecular flexibility index (Phi) is 2.25.